The average molecular weight is 236 g/mol. The van der Waals surface area contributed by atoms with E-state index >= 15 is 0 Å². The summed E-state index contributed by atoms with van der Waals surface area (Å²) < 4.78 is 2.15. The fraction of sp³-hybridized carbons (Fsp3) is 0.667. The molecule has 1 aromatic rings. The number of carbonyl (C=O) groups excluding carboxylic acids is 1. The number of nitrogens with two attached hydrogens (primary N) is 2. The van der Waals surface area contributed by atoms with Crippen molar-refractivity contribution in [2.75, 3.05) is 0 Å². The molecule has 1 aliphatic carbocycles. The Morgan fingerprint density at radius 2 is 2.47 bits per heavy atom. The molecule has 0 radical (unpaired) electrons. The smallest absolute Gasteiger partial charge is 0.237 e. The molecule has 94 valence electrons. The number of imidazole rings is 1. The second kappa shape index (κ2) is 4.49. The highest BCUT2D eigenvalue weighted by molar-refractivity contribution is 5.84. The Hall–Kier alpha value is -1.36. The summed E-state index contributed by atoms with van der Waals surface area (Å²) in [6, 6.07) is 0.261. The quantitative estimate of drug-likeness (QED) is 0.808. The van der Waals surface area contributed by atoms with Gasteiger partial charge in [-0.1, -0.05) is 6.92 Å². The molecule has 1 amide bonds. The van der Waals surface area contributed by atoms with Crippen molar-refractivity contribution in [1.29, 1.82) is 0 Å². The van der Waals surface area contributed by atoms with Crippen LogP contribution in [-0.4, -0.2) is 21.0 Å². The number of primary amides is 1. The van der Waals surface area contributed by atoms with Gasteiger partial charge in [0.2, 0.25) is 5.91 Å². The molecule has 0 aromatic carbocycles. The van der Waals surface area contributed by atoms with Gasteiger partial charge in [0.15, 0.2) is 0 Å². The molecule has 2 rings (SSSR count). The van der Waals surface area contributed by atoms with Crippen molar-refractivity contribution in [3.63, 3.8) is 0 Å². The third kappa shape index (κ3) is 2.20. The van der Waals surface area contributed by atoms with Crippen LogP contribution in [-0.2, 0) is 11.2 Å². The van der Waals surface area contributed by atoms with Crippen molar-refractivity contribution in [3.05, 3.63) is 18.2 Å². The normalized spacial score (nSPS) is 28.5. The maximum atomic E-state index is 11.3. The predicted molar refractivity (Wildman–Crippen MR) is 65.2 cm³/mol. The van der Waals surface area contributed by atoms with E-state index in [4.69, 9.17) is 11.5 Å². The lowest BCUT2D eigenvalue weighted by molar-refractivity contribution is -0.123. The zero-order chi connectivity index (χ0) is 12.5. The van der Waals surface area contributed by atoms with Crippen molar-refractivity contribution >= 4 is 5.91 Å². The molecule has 5 nitrogen and oxygen atoms in total. The van der Waals surface area contributed by atoms with Crippen molar-refractivity contribution < 1.29 is 4.79 Å². The second-order valence-corrected chi connectivity index (χ2v) is 4.92. The first kappa shape index (κ1) is 12.1. The second-order valence-electron chi connectivity index (χ2n) is 4.92. The summed E-state index contributed by atoms with van der Waals surface area (Å²) >= 11 is 0. The van der Waals surface area contributed by atoms with Gasteiger partial charge in [-0.05, 0) is 25.7 Å². The van der Waals surface area contributed by atoms with Crippen LogP contribution in [0.25, 0.3) is 0 Å². The van der Waals surface area contributed by atoms with Crippen molar-refractivity contribution in [2.45, 2.75) is 50.6 Å². The van der Waals surface area contributed by atoms with E-state index in [1.54, 1.807) is 0 Å². The van der Waals surface area contributed by atoms with E-state index in [1.165, 1.54) is 0 Å². The summed E-state index contributed by atoms with van der Waals surface area (Å²) in [4.78, 5) is 15.7. The lowest BCUT2D eigenvalue weighted by Crippen LogP contribution is -2.49. The molecule has 1 heterocycles. The number of carbonyl (C=O) groups is 1. The molecule has 2 atom stereocenters. The minimum Gasteiger partial charge on any atom is -0.368 e. The van der Waals surface area contributed by atoms with E-state index < -0.39 is 11.4 Å². The summed E-state index contributed by atoms with van der Waals surface area (Å²) in [7, 11) is 0. The molecule has 0 bridgehead atoms. The molecule has 1 saturated carbocycles. The number of aryl methyl sites for hydroxylation is 1. The Labute approximate surface area is 101 Å². The van der Waals surface area contributed by atoms with Crippen LogP contribution in [0.4, 0.5) is 0 Å². The predicted octanol–water partition coefficient (Wildman–Crippen LogP) is 0.743. The molecule has 2 unspecified atom stereocenters. The van der Waals surface area contributed by atoms with Crippen molar-refractivity contribution in [2.24, 2.45) is 11.5 Å². The summed E-state index contributed by atoms with van der Waals surface area (Å²) in [6.07, 6.45) is 7.98. The van der Waals surface area contributed by atoms with E-state index in [0.717, 1.165) is 25.1 Å². The largest absolute Gasteiger partial charge is 0.368 e. The van der Waals surface area contributed by atoms with Crippen molar-refractivity contribution in [1.82, 2.24) is 9.55 Å². The van der Waals surface area contributed by atoms with Crippen LogP contribution in [0.5, 0.6) is 0 Å². The topological polar surface area (TPSA) is 86.9 Å². The standard InChI is InChI=1S/C12H20N4O/c1-2-3-10-15-6-7-16(10)9-4-5-12(14,8-9)11(13)17/h6-7,9H,2-5,8,14H2,1H3,(H2,13,17). The Balaban J connectivity index is 2.15. The number of hydrogen-bond donors (Lipinski definition) is 2. The minimum absolute atomic E-state index is 0.261. The summed E-state index contributed by atoms with van der Waals surface area (Å²) in [5.74, 6) is 0.684. The van der Waals surface area contributed by atoms with Crippen LogP contribution in [0.3, 0.4) is 0 Å². The first-order valence-electron chi connectivity index (χ1n) is 6.17. The van der Waals surface area contributed by atoms with Crippen LogP contribution in [0.1, 0.15) is 44.5 Å². The number of aromatic nitrogens is 2. The van der Waals surface area contributed by atoms with E-state index in [9.17, 15) is 4.79 Å². The summed E-state index contributed by atoms with van der Waals surface area (Å²) in [6.45, 7) is 2.13. The van der Waals surface area contributed by atoms with E-state index in [0.29, 0.717) is 12.8 Å². The SMILES string of the molecule is CCCc1nccn1C1CCC(N)(C(N)=O)C1. The van der Waals surface area contributed by atoms with Gasteiger partial charge in [-0.15, -0.1) is 0 Å². The molecule has 0 aliphatic heterocycles. The molecule has 17 heavy (non-hydrogen) atoms. The van der Waals surface area contributed by atoms with Gasteiger partial charge in [0, 0.05) is 24.9 Å². The van der Waals surface area contributed by atoms with E-state index in [-0.39, 0.29) is 6.04 Å². The molecule has 1 aromatic heterocycles. The highest BCUT2D eigenvalue weighted by atomic mass is 16.1. The lowest BCUT2D eigenvalue weighted by Gasteiger charge is -2.20. The van der Waals surface area contributed by atoms with E-state index in [1.807, 2.05) is 12.4 Å². The van der Waals surface area contributed by atoms with Crippen LogP contribution >= 0.6 is 0 Å². The van der Waals surface area contributed by atoms with Gasteiger partial charge in [-0.3, -0.25) is 4.79 Å². The van der Waals surface area contributed by atoms with Gasteiger partial charge >= 0.3 is 0 Å². The third-order valence-electron chi connectivity index (χ3n) is 3.63. The van der Waals surface area contributed by atoms with Crippen LogP contribution < -0.4 is 11.5 Å². The lowest BCUT2D eigenvalue weighted by atomic mass is 9.98. The molecular weight excluding hydrogens is 216 g/mol. The summed E-state index contributed by atoms with van der Waals surface area (Å²) in [5, 5.41) is 0. The highest BCUT2D eigenvalue weighted by Gasteiger charge is 2.41. The van der Waals surface area contributed by atoms with Crippen molar-refractivity contribution in [3.8, 4) is 0 Å². The Morgan fingerprint density at radius 3 is 3.06 bits per heavy atom. The van der Waals surface area contributed by atoms with Gasteiger partial charge in [0.25, 0.3) is 0 Å². The van der Waals surface area contributed by atoms with Gasteiger partial charge in [-0.25, -0.2) is 4.98 Å². The van der Waals surface area contributed by atoms with E-state index in [2.05, 4.69) is 16.5 Å². The highest BCUT2D eigenvalue weighted by Crippen LogP contribution is 2.36. The molecule has 4 N–H and O–H groups in total. The molecule has 5 heteroatoms. The fourth-order valence-electron chi connectivity index (χ4n) is 2.60. The first-order chi connectivity index (χ1) is 8.07. The number of amides is 1. The van der Waals surface area contributed by atoms with Gasteiger partial charge in [-0.2, -0.15) is 0 Å². The zero-order valence-corrected chi connectivity index (χ0v) is 10.2. The van der Waals surface area contributed by atoms with Crippen LogP contribution in [0, 0.1) is 0 Å². The molecule has 0 spiro atoms. The first-order valence-corrected chi connectivity index (χ1v) is 6.17. The summed E-state index contributed by atoms with van der Waals surface area (Å²) in [5.41, 5.74) is 10.5. The zero-order valence-electron chi connectivity index (χ0n) is 10.2. The minimum atomic E-state index is -0.835. The molecular formula is C12H20N4O. The fourth-order valence-corrected chi connectivity index (χ4v) is 2.60. The average Bonchev–Trinajstić information content (AvgIpc) is 2.86. The Bertz CT molecular complexity index is 414. The number of nitrogens with zero attached hydrogens (tertiary/aromatic N) is 2. The molecule has 1 aliphatic rings. The Kier molecular flexibility index (Phi) is 3.19. The third-order valence-corrected chi connectivity index (χ3v) is 3.63. The van der Waals surface area contributed by atoms with Gasteiger partial charge in [0.1, 0.15) is 5.82 Å². The number of rotatable bonds is 4. The van der Waals surface area contributed by atoms with Gasteiger partial charge < -0.3 is 16.0 Å². The van der Waals surface area contributed by atoms with Gasteiger partial charge in [0.05, 0.1) is 5.54 Å². The monoisotopic (exact) mass is 236 g/mol. The number of hydrogen-bond acceptors (Lipinski definition) is 3. The maximum Gasteiger partial charge on any atom is 0.237 e. The molecule has 0 saturated heterocycles. The Morgan fingerprint density at radius 1 is 1.71 bits per heavy atom. The van der Waals surface area contributed by atoms with Crippen LogP contribution in [0.2, 0.25) is 0 Å². The molecule has 1 fully saturated rings. The van der Waals surface area contributed by atoms with Crippen LogP contribution in [0.15, 0.2) is 12.4 Å². The maximum absolute atomic E-state index is 11.3.